The highest BCUT2D eigenvalue weighted by Crippen LogP contribution is 2.41. The Morgan fingerprint density at radius 2 is 2.07 bits per heavy atom. The molecular formula is C20H23N3O2S2. The fourth-order valence-corrected chi connectivity index (χ4v) is 5.17. The van der Waals surface area contributed by atoms with Crippen molar-refractivity contribution in [2.45, 2.75) is 43.4 Å². The summed E-state index contributed by atoms with van der Waals surface area (Å²) >= 11 is 3.32. The Labute approximate surface area is 167 Å². The molecule has 0 radical (unpaired) electrons. The number of ether oxygens (including phenoxy) is 1. The Balaban J connectivity index is 1.70. The molecule has 0 spiro atoms. The molecule has 3 aromatic rings. The SMILES string of the molecule is CC1(C)Cc2c(sc3nc(SCc4ccccc4)nc(NCCO)c23)CO1. The molecule has 0 saturated heterocycles. The summed E-state index contributed by atoms with van der Waals surface area (Å²) in [5.74, 6) is 1.65. The molecule has 27 heavy (non-hydrogen) atoms. The Morgan fingerprint density at radius 3 is 2.85 bits per heavy atom. The summed E-state index contributed by atoms with van der Waals surface area (Å²) in [5, 5.41) is 14.4. The topological polar surface area (TPSA) is 67.3 Å². The van der Waals surface area contributed by atoms with Crippen LogP contribution in [0.15, 0.2) is 35.5 Å². The van der Waals surface area contributed by atoms with Crippen molar-refractivity contribution < 1.29 is 9.84 Å². The van der Waals surface area contributed by atoms with E-state index < -0.39 is 0 Å². The summed E-state index contributed by atoms with van der Waals surface area (Å²) in [6, 6.07) is 10.3. The molecule has 5 nitrogen and oxygen atoms in total. The number of nitrogens with one attached hydrogen (secondary N) is 1. The smallest absolute Gasteiger partial charge is 0.191 e. The van der Waals surface area contributed by atoms with Gasteiger partial charge < -0.3 is 15.2 Å². The van der Waals surface area contributed by atoms with Crippen LogP contribution in [-0.4, -0.2) is 33.8 Å². The monoisotopic (exact) mass is 401 g/mol. The van der Waals surface area contributed by atoms with Gasteiger partial charge in [0.1, 0.15) is 10.6 Å². The zero-order valence-corrected chi connectivity index (χ0v) is 17.1. The van der Waals surface area contributed by atoms with E-state index in [4.69, 9.17) is 14.7 Å². The van der Waals surface area contributed by atoms with Crippen LogP contribution < -0.4 is 5.32 Å². The van der Waals surface area contributed by atoms with E-state index in [1.54, 1.807) is 23.1 Å². The van der Waals surface area contributed by atoms with Crippen molar-refractivity contribution >= 4 is 39.1 Å². The number of aliphatic hydroxyl groups is 1. The highest BCUT2D eigenvalue weighted by Gasteiger charge is 2.31. The normalized spacial score (nSPS) is 15.7. The summed E-state index contributed by atoms with van der Waals surface area (Å²) in [7, 11) is 0. The maximum absolute atomic E-state index is 9.26. The number of thiophene rings is 1. The van der Waals surface area contributed by atoms with Gasteiger partial charge in [-0.15, -0.1) is 11.3 Å². The second-order valence-electron chi connectivity index (χ2n) is 7.19. The maximum Gasteiger partial charge on any atom is 0.191 e. The van der Waals surface area contributed by atoms with Crippen molar-refractivity contribution in [1.82, 2.24) is 9.97 Å². The largest absolute Gasteiger partial charge is 0.395 e. The lowest BCUT2D eigenvalue weighted by atomic mass is 9.94. The molecule has 0 unspecified atom stereocenters. The first-order chi connectivity index (χ1) is 13.1. The quantitative estimate of drug-likeness (QED) is 0.476. The van der Waals surface area contributed by atoms with Gasteiger partial charge in [-0.2, -0.15) is 0 Å². The summed E-state index contributed by atoms with van der Waals surface area (Å²) in [5.41, 5.74) is 2.35. The Kier molecular flexibility index (Phi) is 5.36. The molecule has 2 aromatic heterocycles. The molecule has 4 rings (SSSR count). The summed E-state index contributed by atoms with van der Waals surface area (Å²) in [6.45, 7) is 5.39. The molecule has 0 saturated carbocycles. The summed E-state index contributed by atoms with van der Waals surface area (Å²) < 4.78 is 5.97. The molecule has 0 aliphatic carbocycles. The van der Waals surface area contributed by atoms with Crippen molar-refractivity contribution in [2.24, 2.45) is 0 Å². The maximum atomic E-state index is 9.26. The van der Waals surface area contributed by atoms with Gasteiger partial charge in [0.15, 0.2) is 5.16 Å². The van der Waals surface area contributed by atoms with Crippen molar-refractivity contribution in [3.05, 3.63) is 46.3 Å². The third-order valence-electron chi connectivity index (χ3n) is 4.53. The zero-order valence-electron chi connectivity index (χ0n) is 15.5. The van der Waals surface area contributed by atoms with Crippen molar-refractivity contribution in [1.29, 1.82) is 0 Å². The van der Waals surface area contributed by atoms with Crippen LogP contribution in [0.25, 0.3) is 10.2 Å². The predicted molar refractivity (Wildman–Crippen MR) is 112 cm³/mol. The van der Waals surface area contributed by atoms with Gasteiger partial charge in [-0.05, 0) is 25.0 Å². The Bertz CT molecular complexity index is 941. The number of anilines is 1. The minimum absolute atomic E-state index is 0.0684. The standard InChI is InChI=1S/C20H23N3O2S2/c1-20(2)10-14-15(11-25-20)27-18-16(14)17(21-8-9-24)22-19(23-18)26-12-13-6-4-3-5-7-13/h3-7,24H,8-12H2,1-2H3,(H,21,22,23). The minimum Gasteiger partial charge on any atom is -0.395 e. The molecule has 1 aliphatic rings. The highest BCUT2D eigenvalue weighted by atomic mass is 32.2. The van der Waals surface area contributed by atoms with Crippen LogP contribution in [0.1, 0.15) is 29.9 Å². The van der Waals surface area contributed by atoms with E-state index in [9.17, 15) is 5.11 Å². The Hall–Kier alpha value is -1.67. The van der Waals surface area contributed by atoms with E-state index >= 15 is 0 Å². The van der Waals surface area contributed by atoms with Crippen LogP contribution in [0.2, 0.25) is 0 Å². The van der Waals surface area contributed by atoms with E-state index in [1.165, 1.54) is 16.0 Å². The number of hydrogen-bond donors (Lipinski definition) is 2. The molecule has 1 aliphatic heterocycles. The van der Waals surface area contributed by atoms with Gasteiger partial charge >= 0.3 is 0 Å². The lowest BCUT2D eigenvalue weighted by molar-refractivity contribution is -0.0379. The van der Waals surface area contributed by atoms with E-state index in [1.807, 2.05) is 18.2 Å². The second-order valence-corrected chi connectivity index (χ2v) is 9.21. The number of rotatable bonds is 6. The fourth-order valence-electron chi connectivity index (χ4n) is 3.21. The van der Waals surface area contributed by atoms with Gasteiger partial charge in [0.05, 0.1) is 24.2 Å². The van der Waals surface area contributed by atoms with Gasteiger partial charge in [0.25, 0.3) is 0 Å². The second kappa shape index (κ2) is 7.75. The molecule has 0 bridgehead atoms. The van der Waals surface area contributed by atoms with Gasteiger partial charge in [-0.3, -0.25) is 0 Å². The first kappa shape index (κ1) is 18.7. The number of nitrogens with zero attached hydrogens (tertiary/aromatic N) is 2. The van der Waals surface area contributed by atoms with Gasteiger partial charge in [-0.1, -0.05) is 42.1 Å². The van der Waals surface area contributed by atoms with E-state index in [2.05, 4.69) is 31.3 Å². The lowest BCUT2D eigenvalue weighted by Crippen LogP contribution is -2.31. The Morgan fingerprint density at radius 1 is 1.26 bits per heavy atom. The van der Waals surface area contributed by atoms with Crippen molar-refractivity contribution in [3.8, 4) is 0 Å². The first-order valence-electron chi connectivity index (χ1n) is 9.03. The summed E-state index contributed by atoms with van der Waals surface area (Å²) in [4.78, 5) is 11.8. The molecule has 0 atom stereocenters. The van der Waals surface area contributed by atoms with Crippen molar-refractivity contribution in [2.75, 3.05) is 18.5 Å². The fraction of sp³-hybridized carbons (Fsp3) is 0.400. The lowest BCUT2D eigenvalue weighted by Gasteiger charge is -2.30. The average Bonchev–Trinajstić information content (AvgIpc) is 3.02. The third kappa shape index (κ3) is 4.11. The van der Waals surface area contributed by atoms with Crippen LogP contribution in [0, 0.1) is 0 Å². The molecule has 7 heteroatoms. The van der Waals surface area contributed by atoms with Crippen LogP contribution in [0.5, 0.6) is 0 Å². The molecule has 0 fully saturated rings. The first-order valence-corrected chi connectivity index (χ1v) is 10.8. The van der Waals surface area contributed by atoms with E-state index in [-0.39, 0.29) is 12.2 Å². The van der Waals surface area contributed by atoms with Crippen molar-refractivity contribution in [3.63, 3.8) is 0 Å². The number of aliphatic hydroxyl groups excluding tert-OH is 1. The van der Waals surface area contributed by atoms with Crippen LogP contribution in [0.3, 0.4) is 0 Å². The molecule has 2 N–H and O–H groups in total. The highest BCUT2D eigenvalue weighted by molar-refractivity contribution is 7.98. The number of aromatic nitrogens is 2. The average molecular weight is 402 g/mol. The van der Waals surface area contributed by atoms with Crippen LogP contribution in [-0.2, 0) is 23.5 Å². The van der Waals surface area contributed by atoms with Crippen LogP contribution >= 0.6 is 23.1 Å². The number of hydrogen-bond acceptors (Lipinski definition) is 7. The van der Waals surface area contributed by atoms with Gasteiger partial charge in [0, 0.05) is 23.6 Å². The number of benzene rings is 1. The molecule has 1 aromatic carbocycles. The number of fused-ring (bicyclic) bond motifs is 3. The minimum atomic E-state index is -0.185. The molecule has 3 heterocycles. The van der Waals surface area contributed by atoms with E-state index in [0.717, 1.165) is 33.4 Å². The third-order valence-corrected chi connectivity index (χ3v) is 6.54. The zero-order chi connectivity index (χ0) is 18.9. The van der Waals surface area contributed by atoms with Gasteiger partial charge in [0.2, 0.25) is 0 Å². The number of thioether (sulfide) groups is 1. The van der Waals surface area contributed by atoms with Crippen LogP contribution in [0.4, 0.5) is 5.82 Å². The molecular weight excluding hydrogens is 378 g/mol. The van der Waals surface area contributed by atoms with Gasteiger partial charge in [-0.25, -0.2) is 9.97 Å². The molecule has 142 valence electrons. The molecule has 0 amide bonds. The predicted octanol–water partition coefficient (Wildman–Crippen LogP) is 4.24. The summed E-state index contributed by atoms with van der Waals surface area (Å²) in [6.07, 6.45) is 0.843. The van der Waals surface area contributed by atoms with E-state index in [0.29, 0.717) is 13.2 Å².